The Balaban J connectivity index is 3.04. The summed E-state index contributed by atoms with van der Waals surface area (Å²) >= 11 is 0. The van der Waals surface area contributed by atoms with Gasteiger partial charge in [-0.2, -0.15) is 0 Å². The quantitative estimate of drug-likeness (QED) is 0.649. The van der Waals surface area contributed by atoms with E-state index in [9.17, 15) is 4.39 Å². The third kappa shape index (κ3) is 5.31. The molecule has 120 valence electrons. The number of nitrogens with one attached hydrogen (secondary N) is 1. The highest BCUT2D eigenvalue weighted by molar-refractivity contribution is 5.31. The lowest BCUT2D eigenvalue weighted by molar-refractivity contribution is 0.308. The standard InChI is InChI=1S/C18H30FNO/c1-5-8-14(9-6-2)18(20-12-7-3)16-11-10-15(21-4)13-17(16)19/h10-11,13-14,18,20H,5-9,12H2,1-4H3. The SMILES string of the molecule is CCCNC(c1ccc(OC)cc1F)C(CCC)CCC. The number of rotatable bonds is 10. The molecular weight excluding hydrogens is 265 g/mol. The molecule has 0 radical (unpaired) electrons. The molecule has 1 N–H and O–H groups in total. The average molecular weight is 295 g/mol. The predicted molar refractivity (Wildman–Crippen MR) is 87.3 cm³/mol. The van der Waals surface area contributed by atoms with Gasteiger partial charge < -0.3 is 10.1 Å². The molecule has 0 fully saturated rings. The largest absolute Gasteiger partial charge is 0.497 e. The molecule has 0 saturated carbocycles. The Hall–Kier alpha value is -1.09. The van der Waals surface area contributed by atoms with Crippen LogP contribution in [0.25, 0.3) is 0 Å². The fourth-order valence-electron chi connectivity index (χ4n) is 2.94. The van der Waals surface area contributed by atoms with Gasteiger partial charge in [0.2, 0.25) is 0 Å². The van der Waals surface area contributed by atoms with E-state index in [-0.39, 0.29) is 11.9 Å². The van der Waals surface area contributed by atoms with E-state index in [1.807, 2.05) is 12.1 Å². The van der Waals surface area contributed by atoms with Gasteiger partial charge in [-0.3, -0.25) is 0 Å². The van der Waals surface area contributed by atoms with E-state index in [1.165, 1.54) is 6.07 Å². The predicted octanol–water partition coefficient (Wildman–Crippen LogP) is 5.09. The van der Waals surface area contributed by atoms with E-state index in [0.29, 0.717) is 11.7 Å². The molecule has 0 aromatic heterocycles. The van der Waals surface area contributed by atoms with Gasteiger partial charge >= 0.3 is 0 Å². The first-order valence-corrected chi connectivity index (χ1v) is 8.24. The maximum atomic E-state index is 14.4. The Kier molecular flexibility index (Phi) is 8.36. The average Bonchev–Trinajstić information content (AvgIpc) is 2.49. The van der Waals surface area contributed by atoms with Crippen LogP contribution < -0.4 is 10.1 Å². The van der Waals surface area contributed by atoms with Crippen LogP contribution in [0.3, 0.4) is 0 Å². The van der Waals surface area contributed by atoms with Gasteiger partial charge in [0.15, 0.2) is 0 Å². The van der Waals surface area contributed by atoms with Crippen molar-refractivity contribution >= 4 is 0 Å². The van der Waals surface area contributed by atoms with Gasteiger partial charge in [-0.1, -0.05) is 39.7 Å². The normalized spacial score (nSPS) is 12.7. The van der Waals surface area contributed by atoms with E-state index < -0.39 is 0 Å². The van der Waals surface area contributed by atoms with Crippen molar-refractivity contribution in [2.75, 3.05) is 13.7 Å². The van der Waals surface area contributed by atoms with Crippen molar-refractivity contribution in [3.05, 3.63) is 29.6 Å². The molecule has 3 heteroatoms. The Morgan fingerprint density at radius 2 is 1.76 bits per heavy atom. The lowest BCUT2D eigenvalue weighted by atomic mass is 9.85. The van der Waals surface area contributed by atoms with Crippen molar-refractivity contribution < 1.29 is 9.13 Å². The van der Waals surface area contributed by atoms with Crippen LogP contribution in [0.5, 0.6) is 5.75 Å². The third-order valence-corrected chi connectivity index (χ3v) is 3.95. The number of methoxy groups -OCH3 is 1. The van der Waals surface area contributed by atoms with E-state index in [2.05, 4.69) is 26.1 Å². The maximum absolute atomic E-state index is 14.4. The van der Waals surface area contributed by atoms with Crippen LogP contribution in [0, 0.1) is 11.7 Å². The highest BCUT2D eigenvalue weighted by atomic mass is 19.1. The van der Waals surface area contributed by atoms with Gasteiger partial charge in [0.25, 0.3) is 0 Å². The molecule has 0 saturated heterocycles. The Morgan fingerprint density at radius 3 is 2.24 bits per heavy atom. The fraction of sp³-hybridized carbons (Fsp3) is 0.667. The molecule has 0 spiro atoms. The Morgan fingerprint density at radius 1 is 1.10 bits per heavy atom. The minimum atomic E-state index is -0.167. The van der Waals surface area contributed by atoms with Crippen molar-refractivity contribution in [2.45, 2.75) is 58.9 Å². The molecule has 0 aliphatic rings. The summed E-state index contributed by atoms with van der Waals surface area (Å²) in [5.74, 6) is 0.891. The van der Waals surface area contributed by atoms with Crippen molar-refractivity contribution in [3.8, 4) is 5.75 Å². The molecule has 2 nitrogen and oxygen atoms in total. The minimum Gasteiger partial charge on any atom is -0.497 e. The van der Waals surface area contributed by atoms with Crippen LogP contribution in [0.15, 0.2) is 18.2 Å². The first-order chi connectivity index (χ1) is 10.2. The van der Waals surface area contributed by atoms with E-state index in [4.69, 9.17) is 4.74 Å². The summed E-state index contributed by atoms with van der Waals surface area (Å²) in [4.78, 5) is 0. The summed E-state index contributed by atoms with van der Waals surface area (Å²) in [6.45, 7) is 7.46. The van der Waals surface area contributed by atoms with Crippen LogP contribution in [0.2, 0.25) is 0 Å². The lowest BCUT2D eigenvalue weighted by Gasteiger charge is -2.29. The number of ether oxygens (including phenoxy) is 1. The van der Waals surface area contributed by atoms with Gasteiger partial charge in [0, 0.05) is 17.7 Å². The summed E-state index contributed by atoms with van der Waals surface area (Å²) < 4.78 is 19.5. The minimum absolute atomic E-state index is 0.0933. The Bertz CT molecular complexity index is 402. The first kappa shape index (κ1) is 18.0. The maximum Gasteiger partial charge on any atom is 0.131 e. The molecule has 1 unspecified atom stereocenters. The molecule has 0 amide bonds. The highest BCUT2D eigenvalue weighted by Crippen LogP contribution is 2.32. The van der Waals surface area contributed by atoms with Crippen LogP contribution in [-0.2, 0) is 0 Å². The van der Waals surface area contributed by atoms with Gasteiger partial charge in [-0.05, 0) is 37.8 Å². The smallest absolute Gasteiger partial charge is 0.131 e. The van der Waals surface area contributed by atoms with Gasteiger partial charge in [0.05, 0.1) is 7.11 Å². The number of hydrogen-bond acceptors (Lipinski definition) is 2. The van der Waals surface area contributed by atoms with Crippen molar-refractivity contribution in [1.29, 1.82) is 0 Å². The molecule has 0 heterocycles. The second-order valence-electron chi connectivity index (χ2n) is 5.66. The summed E-state index contributed by atoms with van der Waals surface area (Å²) in [7, 11) is 1.57. The third-order valence-electron chi connectivity index (χ3n) is 3.95. The molecule has 1 aromatic rings. The molecule has 0 bridgehead atoms. The van der Waals surface area contributed by atoms with Crippen LogP contribution in [0.1, 0.15) is 64.5 Å². The zero-order valence-electron chi connectivity index (χ0n) is 13.9. The monoisotopic (exact) mass is 295 g/mol. The van der Waals surface area contributed by atoms with E-state index >= 15 is 0 Å². The highest BCUT2D eigenvalue weighted by Gasteiger charge is 2.24. The van der Waals surface area contributed by atoms with Crippen LogP contribution in [-0.4, -0.2) is 13.7 Å². The van der Waals surface area contributed by atoms with Gasteiger partial charge in [0.1, 0.15) is 11.6 Å². The molecule has 21 heavy (non-hydrogen) atoms. The topological polar surface area (TPSA) is 21.3 Å². The van der Waals surface area contributed by atoms with Crippen molar-refractivity contribution in [3.63, 3.8) is 0 Å². The van der Waals surface area contributed by atoms with E-state index in [0.717, 1.165) is 44.2 Å². The lowest BCUT2D eigenvalue weighted by Crippen LogP contribution is -2.30. The molecule has 1 rings (SSSR count). The molecule has 1 aromatic carbocycles. The Labute approximate surface area is 129 Å². The summed E-state index contributed by atoms with van der Waals surface area (Å²) in [5.41, 5.74) is 0.774. The van der Waals surface area contributed by atoms with Crippen LogP contribution >= 0.6 is 0 Å². The molecule has 0 aliphatic carbocycles. The summed E-state index contributed by atoms with van der Waals surface area (Å²) in [6, 6.07) is 5.31. The number of benzene rings is 1. The second-order valence-corrected chi connectivity index (χ2v) is 5.66. The zero-order valence-corrected chi connectivity index (χ0v) is 13.9. The van der Waals surface area contributed by atoms with Crippen molar-refractivity contribution in [2.24, 2.45) is 5.92 Å². The molecule has 1 atom stereocenters. The number of halogens is 1. The van der Waals surface area contributed by atoms with Gasteiger partial charge in [-0.15, -0.1) is 0 Å². The fourth-order valence-corrected chi connectivity index (χ4v) is 2.94. The summed E-state index contributed by atoms with van der Waals surface area (Å²) in [6.07, 6.45) is 5.57. The van der Waals surface area contributed by atoms with E-state index in [1.54, 1.807) is 7.11 Å². The zero-order chi connectivity index (χ0) is 15.7. The van der Waals surface area contributed by atoms with Gasteiger partial charge in [-0.25, -0.2) is 4.39 Å². The first-order valence-electron chi connectivity index (χ1n) is 8.24. The second kappa shape index (κ2) is 9.78. The summed E-state index contributed by atoms with van der Waals surface area (Å²) in [5, 5.41) is 3.55. The number of hydrogen-bond donors (Lipinski definition) is 1. The van der Waals surface area contributed by atoms with Crippen LogP contribution in [0.4, 0.5) is 4.39 Å². The van der Waals surface area contributed by atoms with Crippen molar-refractivity contribution in [1.82, 2.24) is 5.32 Å². The molecular formula is C18H30FNO. The molecule has 0 aliphatic heterocycles.